The van der Waals surface area contributed by atoms with Gasteiger partial charge >= 0.3 is 0 Å². The van der Waals surface area contributed by atoms with Gasteiger partial charge < -0.3 is 5.73 Å². The van der Waals surface area contributed by atoms with Crippen molar-refractivity contribution in [2.24, 2.45) is 5.10 Å². The summed E-state index contributed by atoms with van der Waals surface area (Å²) < 4.78 is 18.9. The number of rotatable bonds is 7. The Hall–Kier alpha value is -3.77. The molecule has 2 aromatic carbocycles. The number of nitrogens with zero attached hydrogens (tertiary/aromatic N) is 6. The molecule has 2 aromatic heterocycles. The number of nitrogens with one attached hydrogen (secondary N) is 1. The molecule has 0 fully saturated rings. The van der Waals surface area contributed by atoms with Gasteiger partial charge in [0, 0.05) is 15.7 Å². The summed E-state index contributed by atoms with van der Waals surface area (Å²) in [6.07, 6.45) is 1.38. The van der Waals surface area contributed by atoms with Crippen LogP contribution >= 0.6 is 23.4 Å². The summed E-state index contributed by atoms with van der Waals surface area (Å²) in [7, 11) is 0. The second-order valence-electron chi connectivity index (χ2n) is 6.26. The molecule has 0 radical (unpaired) electrons. The number of hydrogen-bond donors (Lipinski definition) is 2. The highest BCUT2D eigenvalue weighted by Crippen LogP contribution is 2.27. The highest BCUT2D eigenvalue weighted by Gasteiger charge is 2.24. The zero-order valence-corrected chi connectivity index (χ0v) is 17.7. The summed E-state index contributed by atoms with van der Waals surface area (Å²) >= 11 is 7.36. The molecule has 13 heteroatoms. The Bertz CT molecular complexity index is 1260. The van der Waals surface area contributed by atoms with E-state index in [2.05, 4.69) is 35.8 Å². The number of thioether (sulfide) groups is 1. The monoisotopic (exact) mass is 472 g/mol. The first kappa shape index (κ1) is 21.5. The largest absolute Gasteiger partial charge is 0.378 e. The predicted octanol–water partition coefficient (Wildman–Crippen LogP) is 3.08. The van der Waals surface area contributed by atoms with Crippen LogP contribution in [0.25, 0.3) is 5.82 Å². The van der Waals surface area contributed by atoms with Crippen molar-refractivity contribution in [1.29, 1.82) is 0 Å². The van der Waals surface area contributed by atoms with Gasteiger partial charge in [-0.3, -0.25) is 4.79 Å². The molecule has 0 unspecified atom stereocenters. The lowest BCUT2D eigenvalue weighted by Gasteiger charge is -2.06. The Kier molecular flexibility index (Phi) is 6.42. The first-order valence-corrected chi connectivity index (χ1v) is 10.4. The lowest BCUT2D eigenvalue weighted by atomic mass is 10.2. The van der Waals surface area contributed by atoms with E-state index < -0.39 is 5.91 Å². The first-order valence-electron chi connectivity index (χ1n) is 9.01. The van der Waals surface area contributed by atoms with Gasteiger partial charge in [-0.1, -0.05) is 28.9 Å². The lowest BCUT2D eigenvalue weighted by Crippen LogP contribution is -2.20. The number of benzene rings is 2. The summed E-state index contributed by atoms with van der Waals surface area (Å²) in [6, 6.07) is 12.8. The van der Waals surface area contributed by atoms with Crippen molar-refractivity contribution < 1.29 is 13.8 Å². The number of anilines is 1. The molecule has 0 saturated heterocycles. The van der Waals surface area contributed by atoms with Gasteiger partial charge in [-0.2, -0.15) is 9.78 Å². The third-order valence-electron chi connectivity index (χ3n) is 4.11. The van der Waals surface area contributed by atoms with E-state index in [0.29, 0.717) is 22.0 Å². The van der Waals surface area contributed by atoms with Crippen molar-refractivity contribution in [1.82, 2.24) is 30.7 Å². The molecule has 0 aliphatic carbocycles. The Balaban J connectivity index is 1.56. The number of nitrogen functional groups attached to an aromatic ring is 1. The molecular formula is C19H14ClFN8O2S. The quantitative estimate of drug-likeness (QED) is 0.238. The number of hydrogen-bond acceptors (Lipinski definition) is 9. The summed E-state index contributed by atoms with van der Waals surface area (Å²) in [5, 5.41) is 19.7. The molecule has 1 amide bonds. The smallest absolute Gasteiger partial charge is 0.293 e. The van der Waals surface area contributed by atoms with Crippen LogP contribution in [0.1, 0.15) is 21.7 Å². The molecule has 0 atom stereocenters. The van der Waals surface area contributed by atoms with E-state index in [1.807, 2.05) is 12.1 Å². The van der Waals surface area contributed by atoms with Crippen LogP contribution in [0.3, 0.4) is 0 Å². The minimum atomic E-state index is -0.601. The predicted molar refractivity (Wildman–Crippen MR) is 116 cm³/mol. The summed E-state index contributed by atoms with van der Waals surface area (Å²) in [4.78, 5) is 13.6. The average Bonchev–Trinajstić information content (AvgIpc) is 3.40. The molecule has 10 nitrogen and oxygen atoms in total. The number of halogens is 2. The van der Waals surface area contributed by atoms with Crippen LogP contribution in [-0.2, 0) is 5.75 Å². The molecule has 3 N–H and O–H groups in total. The van der Waals surface area contributed by atoms with E-state index in [4.69, 9.17) is 17.3 Å². The molecule has 0 aliphatic heterocycles. The second-order valence-corrected chi connectivity index (χ2v) is 7.75. The number of amides is 1. The molecule has 0 aliphatic rings. The fourth-order valence-electron chi connectivity index (χ4n) is 2.57. The fraction of sp³-hybridized carbons (Fsp3) is 0.0526. The Morgan fingerprint density at radius 3 is 2.66 bits per heavy atom. The summed E-state index contributed by atoms with van der Waals surface area (Å²) in [5.74, 6) is -0.568. The topological polar surface area (TPSA) is 137 Å². The highest BCUT2D eigenvalue weighted by atomic mass is 35.5. The van der Waals surface area contributed by atoms with Crippen LogP contribution in [0.4, 0.5) is 10.2 Å². The van der Waals surface area contributed by atoms with Crippen molar-refractivity contribution in [3.05, 3.63) is 76.3 Å². The first-order chi connectivity index (χ1) is 15.5. The van der Waals surface area contributed by atoms with E-state index in [1.54, 1.807) is 12.1 Å². The van der Waals surface area contributed by atoms with Gasteiger partial charge in [0.1, 0.15) is 5.82 Å². The van der Waals surface area contributed by atoms with E-state index in [9.17, 15) is 9.18 Å². The average molecular weight is 473 g/mol. The van der Waals surface area contributed by atoms with Gasteiger partial charge in [0.2, 0.25) is 11.6 Å². The standard InChI is InChI=1S/C19H14ClFN8O2S/c20-12-3-7-14(8-4-12)32-10-15-16(24-28-29(15)18-17(22)26-31-27-18)19(30)25-23-9-11-1-5-13(21)6-2-11/h1-9H,10H2,(H2,22,26)(H,25,30)/b23-9-. The molecule has 0 spiro atoms. The number of hydrazone groups is 1. The Labute approximate surface area is 189 Å². The maximum Gasteiger partial charge on any atom is 0.293 e. The maximum atomic E-state index is 13.0. The molecule has 162 valence electrons. The van der Waals surface area contributed by atoms with Crippen molar-refractivity contribution in [3.63, 3.8) is 0 Å². The van der Waals surface area contributed by atoms with Crippen molar-refractivity contribution in [2.45, 2.75) is 10.6 Å². The highest BCUT2D eigenvalue weighted by molar-refractivity contribution is 7.98. The third-order valence-corrected chi connectivity index (χ3v) is 5.39. The number of aromatic nitrogens is 5. The second kappa shape index (κ2) is 9.58. The SMILES string of the molecule is Nc1nonc1-n1nnc(C(=O)N/N=C\c2ccc(F)cc2)c1CSc1ccc(Cl)cc1. The molecule has 4 aromatic rings. The van der Waals surface area contributed by atoms with E-state index in [1.165, 1.54) is 46.9 Å². The summed E-state index contributed by atoms with van der Waals surface area (Å²) in [6.45, 7) is 0. The number of carbonyl (C=O) groups is 1. The lowest BCUT2D eigenvalue weighted by molar-refractivity contribution is 0.0949. The Morgan fingerprint density at radius 2 is 1.97 bits per heavy atom. The molecule has 0 bridgehead atoms. The zero-order chi connectivity index (χ0) is 22.5. The van der Waals surface area contributed by atoms with Gasteiger partial charge in [0.05, 0.1) is 11.9 Å². The fourth-order valence-corrected chi connectivity index (χ4v) is 3.58. The number of carbonyl (C=O) groups excluding carboxylic acids is 1. The van der Waals surface area contributed by atoms with Crippen LogP contribution in [0.5, 0.6) is 0 Å². The van der Waals surface area contributed by atoms with E-state index in [-0.39, 0.29) is 23.1 Å². The molecule has 4 rings (SSSR count). The van der Waals surface area contributed by atoms with Crippen LogP contribution in [0, 0.1) is 5.82 Å². The Morgan fingerprint density at radius 1 is 1.22 bits per heavy atom. The molecule has 0 saturated carbocycles. The van der Waals surface area contributed by atoms with Gasteiger partial charge in [-0.25, -0.2) is 14.4 Å². The minimum absolute atomic E-state index is 0.00562. The normalized spacial score (nSPS) is 11.2. The molecule has 2 heterocycles. The van der Waals surface area contributed by atoms with Gasteiger partial charge in [0.25, 0.3) is 5.91 Å². The summed E-state index contributed by atoms with van der Waals surface area (Å²) in [5.41, 5.74) is 9.19. The van der Waals surface area contributed by atoms with E-state index in [0.717, 1.165) is 4.90 Å². The maximum absolute atomic E-state index is 13.0. The zero-order valence-electron chi connectivity index (χ0n) is 16.1. The van der Waals surface area contributed by atoms with Gasteiger partial charge in [-0.15, -0.1) is 16.9 Å². The van der Waals surface area contributed by atoms with Crippen molar-refractivity contribution in [3.8, 4) is 5.82 Å². The minimum Gasteiger partial charge on any atom is -0.378 e. The van der Waals surface area contributed by atoms with Crippen LogP contribution < -0.4 is 11.2 Å². The van der Waals surface area contributed by atoms with E-state index >= 15 is 0 Å². The molecular weight excluding hydrogens is 459 g/mol. The van der Waals surface area contributed by atoms with Crippen LogP contribution in [-0.4, -0.2) is 37.4 Å². The van der Waals surface area contributed by atoms with Gasteiger partial charge in [-0.05, 0) is 52.3 Å². The van der Waals surface area contributed by atoms with Crippen LogP contribution in [0.15, 0.2) is 63.2 Å². The molecule has 32 heavy (non-hydrogen) atoms. The van der Waals surface area contributed by atoms with Crippen LogP contribution in [0.2, 0.25) is 5.02 Å². The van der Waals surface area contributed by atoms with Crippen molar-refractivity contribution >= 4 is 41.3 Å². The van der Waals surface area contributed by atoms with Crippen molar-refractivity contribution in [2.75, 3.05) is 5.73 Å². The third kappa shape index (κ3) is 4.92. The number of nitrogens with two attached hydrogens (primary N) is 1. The van der Waals surface area contributed by atoms with Gasteiger partial charge in [0.15, 0.2) is 5.69 Å².